The molecule has 9 heteroatoms. The molecule has 0 radical (unpaired) electrons. The molecule has 2 aromatic heterocycles. The molecule has 0 aliphatic carbocycles. The molecule has 0 amide bonds. The number of aryl methyl sites for hydroxylation is 1. The Morgan fingerprint density at radius 2 is 2.05 bits per heavy atom. The van der Waals surface area contributed by atoms with E-state index >= 15 is 0 Å². The van der Waals surface area contributed by atoms with Crippen molar-refractivity contribution in [1.29, 1.82) is 0 Å². The zero-order chi connectivity index (χ0) is 15.0. The summed E-state index contributed by atoms with van der Waals surface area (Å²) in [6.45, 7) is 3.47. The fourth-order valence-corrected chi connectivity index (χ4v) is 3.51. The fraction of sp³-hybridized carbons (Fsp3) is 0.583. The van der Waals surface area contributed by atoms with Gasteiger partial charge in [-0.1, -0.05) is 0 Å². The number of nitrogens with one attached hydrogen (secondary N) is 1. The molecular formula is C12H18N6O2S. The minimum Gasteiger partial charge on any atom is -0.356 e. The molecule has 0 spiro atoms. The van der Waals surface area contributed by atoms with E-state index in [9.17, 15) is 8.42 Å². The van der Waals surface area contributed by atoms with Crippen LogP contribution in [0.1, 0.15) is 18.5 Å². The Kier molecular flexibility index (Phi) is 3.54. The Labute approximate surface area is 123 Å². The number of hydrogen-bond donors (Lipinski definition) is 1. The summed E-state index contributed by atoms with van der Waals surface area (Å²) in [5, 5.41) is 4.20. The Bertz CT molecular complexity index is 748. The van der Waals surface area contributed by atoms with Crippen LogP contribution in [0, 0.1) is 6.92 Å². The van der Waals surface area contributed by atoms with Crippen molar-refractivity contribution in [3.63, 3.8) is 0 Å². The number of sulfonamides is 1. The van der Waals surface area contributed by atoms with Gasteiger partial charge in [-0.15, -0.1) is 0 Å². The van der Waals surface area contributed by atoms with E-state index in [4.69, 9.17) is 0 Å². The second kappa shape index (κ2) is 5.23. The van der Waals surface area contributed by atoms with Gasteiger partial charge >= 0.3 is 0 Å². The molecule has 0 bridgehead atoms. The molecule has 21 heavy (non-hydrogen) atoms. The van der Waals surface area contributed by atoms with Crippen molar-refractivity contribution in [2.75, 3.05) is 24.2 Å². The first-order valence-electron chi connectivity index (χ1n) is 6.82. The van der Waals surface area contributed by atoms with Crippen LogP contribution in [0.2, 0.25) is 0 Å². The van der Waals surface area contributed by atoms with Gasteiger partial charge in [-0.25, -0.2) is 18.1 Å². The Morgan fingerprint density at radius 3 is 2.71 bits per heavy atom. The lowest BCUT2D eigenvalue weighted by atomic mass is 10.1. The largest absolute Gasteiger partial charge is 0.356 e. The van der Waals surface area contributed by atoms with Crippen molar-refractivity contribution < 1.29 is 8.42 Å². The van der Waals surface area contributed by atoms with Gasteiger partial charge in [0.1, 0.15) is 12.1 Å². The van der Waals surface area contributed by atoms with E-state index in [0.717, 1.165) is 37.4 Å². The lowest BCUT2D eigenvalue weighted by Crippen LogP contribution is -2.44. The molecule has 1 fully saturated rings. The number of aromatic nitrogens is 4. The van der Waals surface area contributed by atoms with Crippen molar-refractivity contribution >= 4 is 21.6 Å². The van der Waals surface area contributed by atoms with Gasteiger partial charge < -0.3 is 4.90 Å². The van der Waals surface area contributed by atoms with Gasteiger partial charge in [0.05, 0.1) is 6.26 Å². The third-order valence-electron chi connectivity index (χ3n) is 3.56. The summed E-state index contributed by atoms with van der Waals surface area (Å²) >= 11 is 0. The van der Waals surface area contributed by atoms with Gasteiger partial charge in [0, 0.05) is 30.9 Å². The first-order valence-corrected chi connectivity index (χ1v) is 8.71. The van der Waals surface area contributed by atoms with Crippen molar-refractivity contribution in [2.45, 2.75) is 25.8 Å². The number of piperidine rings is 1. The van der Waals surface area contributed by atoms with Crippen LogP contribution >= 0.6 is 0 Å². The summed E-state index contributed by atoms with van der Waals surface area (Å²) in [7, 11) is -3.14. The standard InChI is InChI=1S/C12H18N6O2S/c1-9-7-11(18-12(15-9)13-8-14-18)17-5-3-10(4-6-17)16-21(2,19)20/h7-8,10,16H,3-6H2,1-2H3. The van der Waals surface area contributed by atoms with Gasteiger partial charge in [0.2, 0.25) is 10.0 Å². The molecule has 1 aliphatic heterocycles. The summed E-state index contributed by atoms with van der Waals surface area (Å²) in [4.78, 5) is 10.6. The summed E-state index contributed by atoms with van der Waals surface area (Å²) in [5.74, 6) is 1.54. The maximum Gasteiger partial charge on any atom is 0.254 e. The summed E-state index contributed by atoms with van der Waals surface area (Å²) < 4.78 is 27.0. The molecule has 3 heterocycles. The number of nitrogens with zero attached hydrogens (tertiary/aromatic N) is 5. The maximum absolute atomic E-state index is 11.3. The van der Waals surface area contributed by atoms with Gasteiger partial charge in [0.15, 0.2) is 0 Å². The molecule has 0 unspecified atom stereocenters. The zero-order valence-electron chi connectivity index (χ0n) is 12.0. The van der Waals surface area contributed by atoms with Crippen LogP contribution < -0.4 is 9.62 Å². The quantitative estimate of drug-likeness (QED) is 0.854. The SMILES string of the molecule is Cc1cc(N2CCC(NS(C)(=O)=O)CC2)n2ncnc2n1. The number of rotatable bonds is 3. The lowest BCUT2D eigenvalue weighted by molar-refractivity contribution is 0.458. The average Bonchev–Trinajstić information content (AvgIpc) is 2.85. The van der Waals surface area contributed by atoms with Crippen molar-refractivity contribution in [1.82, 2.24) is 24.3 Å². The van der Waals surface area contributed by atoms with E-state index in [1.54, 1.807) is 4.52 Å². The Morgan fingerprint density at radius 1 is 1.33 bits per heavy atom. The zero-order valence-corrected chi connectivity index (χ0v) is 12.8. The lowest BCUT2D eigenvalue weighted by Gasteiger charge is -2.33. The number of hydrogen-bond acceptors (Lipinski definition) is 6. The van der Waals surface area contributed by atoms with Crippen LogP contribution in [0.3, 0.4) is 0 Å². The highest BCUT2D eigenvalue weighted by molar-refractivity contribution is 7.88. The van der Waals surface area contributed by atoms with Gasteiger partial charge in [-0.2, -0.15) is 14.6 Å². The third-order valence-corrected chi connectivity index (χ3v) is 4.32. The average molecular weight is 310 g/mol. The summed E-state index contributed by atoms with van der Waals surface area (Å²) in [6.07, 6.45) is 4.23. The first kappa shape index (κ1) is 14.2. The highest BCUT2D eigenvalue weighted by Gasteiger charge is 2.23. The molecule has 0 atom stereocenters. The Hall–Kier alpha value is -1.74. The molecule has 3 rings (SSSR count). The normalized spacial score (nSPS) is 17.5. The molecule has 0 aromatic carbocycles. The number of fused-ring (bicyclic) bond motifs is 1. The van der Waals surface area contributed by atoms with Crippen molar-refractivity contribution in [2.24, 2.45) is 0 Å². The molecule has 1 saturated heterocycles. The minimum atomic E-state index is -3.14. The topological polar surface area (TPSA) is 92.5 Å². The van der Waals surface area contributed by atoms with E-state index in [-0.39, 0.29) is 6.04 Å². The highest BCUT2D eigenvalue weighted by atomic mass is 32.2. The molecule has 8 nitrogen and oxygen atoms in total. The van der Waals surface area contributed by atoms with Crippen LogP contribution in [0.5, 0.6) is 0 Å². The molecule has 114 valence electrons. The van der Waals surface area contributed by atoms with Crippen LogP contribution in [-0.2, 0) is 10.0 Å². The van der Waals surface area contributed by atoms with E-state index in [1.165, 1.54) is 12.6 Å². The number of anilines is 1. The van der Waals surface area contributed by atoms with Gasteiger partial charge in [0.25, 0.3) is 5.78 Å². The molecule has 1 N–H and O–H groups in total. The van der Waals surface area contributed by atoms with Gasteiger partial charge in [-0.05, 0) is 19.8 Å². The predicted molar refractivity (Wildman–Crippen MR) is 78.7 cm³/mol. The van der Waals surface area contributed by atoms with E-state index in [2.05, 4.69) is 24.7 Å². The van der Waals surface area contributed by atoms with Crippen LogP contribution in [0.4, 0.5) is 5.82 Å². The van der Waals surface area contributed by atoms with Crippen molar-refractivity contribution in [3.05, 3.63) is 18.1 Å². The molecule has 1 aliphatic rings. The second-order valence-corrected chi connectivity index (χ2v) is 7.16. The monoisotopic (exact) mass is 310 g/mol. The van der Waals surface area contributed by atoms with Crippen LogP contribution in [0.15, 0.2) is 12.4 Å². The summed E-state index contributed by atoms with van der Waals surface area (Å²) in [5.41, 5.74) is 0.891. The van der Waals surface area contributed by atoms with E-state index < -0.39 is 10.0 Å². The van der Waals surface area contributed by atoms with Gasteiger partial charge in [-0.3, -0.25) is 0 Å². The maximum atomic E-state index is 11.3. The van der Waals surface area contributed by atoms with Crippen molar-refractivity contribution in [3.8, 4) is 0 Å². The smallest absolute Gasteiger partial charge is 0.254 e. The third kappa shape index (κ3) is 3.13. The Balaban J connectivity index is 1.78. The molecule has 2 aromatic rings. The van der Waals surface area contributed by atoms with Crippen LogP contribution in [-0.4, -0.2) is 53.4 Å². The van der Waals surface area contributed by atoms with Crippen LogP contribution in [0.25, 0.3) is 5.78 Å². The second-order valence-electron chi connectivity index (χ2n) is 5.38. The van der Waals surface area contributed by atoms with E-state index in [0.29, 0.717) is 5.78 Å². The summed E-state index contributed by atoms with van der Waals surface area (Å²) in [6, 6.07) is 1.98. The molecule has 0 saturated carbocycles. The van der Waals surface area contributed by atoms with E-state index in [1.807, 2.05) is 13.0 Å². The first-order chi connectivity index (χ1) is 9.92. The molecular weight excluding hydrogens is 292 g/mol. The highest BCUT2D eigenvalue weighted by Crippen LogP contribution is 2.21. The minimum absolute atomic E-state index is 0.00502. The predicted octanol–water partition coefficient (Wildman–Crippen LogP) is -0.0493. The fourth-order valence-electron chi connectivity index (χ4n) is 2.67.